The molecule has 1 aromatic rings. The molecule has 21 heavy (non-hydrogen) atoms. The molecule has 118 valence electrons. The monoisotopic (exact) mass is 331 g/mol. The van der Waals surface area contributed by atoms with Crippen LogP contribution in [0.3, 0.4) is 0 Å². The molecule has 1 aromatic carbocycles. The van der Waals surface area contributed by atoms with E-state index in [0.717, 1.165) is 6.42 Å². The van der Waals surface area contributed by atoms with E-state index in [1.54, 1.807) is 4.31 Å². The molecule has 0 bridgehead atoms. The molecular formula is C15H22ClNO3S. The van der Waals surface area contributed by atoms with Crippen LogP contribution in [0.5, 0.6) is 0 Å². The van der Waals surface area contributed by atoms with Crippen LogP contribution in [-0.2, 0) is 16.6 Å². The average Bonchev–Trinajstić information content (AvgIpc) is 2.42. The topological polar surface area (TPSA) is 57.6 Å². The standard InChI is InChI=1S/C15H22ClNO3S/c1-10-6-11(2)12(3)17(8-10)21(19,20)14-4-5-15(16)13(7-14)9-18/h4-5,7,10-12,18H,6,8-9H2,1-3H3. The van der Waals surface area contributed by atoms with Crippen molar-refractivity contribution in [3.63, 3.8) is 0 Å². The molecule has 1 heterocycles. The Hall–Kier alpha value is -0.620. The van der Waals surface area contributed by atoms with Crippen LogP contribution in [0.1, 0.15) is 32.8 Å². The first kappa shape index (κ1) is 16.7. The van der Waals surface area contributed by atoms with Crippen molar-refractivity contribution in [1.82, 2.24) is 4.31 Å². The van der Waals surface area contributed by atoms with Gasteiger partial charge in [-0.15, -0.1) is 0 Å². The van der Waals surface area contributed by atoms with Crippen molar-refractivity contribution in [2.24, 2.45) is 11.8 Å². The minimum Gasteiger partial charge on any atom is -0.392 e. The number of piperidine rings is 1. The Balaban J connectivity index is 2.41. The smallest absolute Gasteiger partial charge is 0.243 e. The average molecular weight is 332 g/mol. The van der Waals surface area contributed by atoms with Gasteiger partial charge in [0.2, 0.25) is 10.0 Å². The van der Waals surface area contributed by atoms with Crippen LogP contribution in [-0.4, -0.2) is 30.4 Å². The molecule has 0 amide bonds. The summed E-state index contributed by atoms with van der Waals surface area (Å²) in [5, 5.41) is 9.64. The predicted molar refractivity (Wildman–Crippen MR) is 83.7 cm³/mol. The summed E-state index contributed by atoms with van der Waals surface area (Å²) >= 11 is 5.94. The van der Waals surface area contributed by atoms with Crippen LogP contribution in [0.4, 0.5) is 0 Å². The number of nitrogens with zero attached hydrogens (tertiary/aromatic N) is 1. The third kappa shape index (κ3) is 3.26. The van der Waals surface area contributed by atoms with E-state index in [1.807, 2.05) is 6.92 Å². The fourth-order valence-electron chi connectivity index (χ4n) is 2.95. The maximum absolute atomic E-state index is 12.9. The first-order chi connectivity index (χ1) is 9.77. The highest BCUT2D eigenvalue weighted by Crippen LogP contribution is 2.32. The molecule has 1 aliphatic heterocycles. The Morgan fingerprint density at radius 3 is 2.62 bits per heavy atom. The number of hydrogen-bond donors (Lipinski definition) is 1. The minimum absolute atomic E-state index is 0.0283. The van der Waals surface area contributed by atoms with Gasteiger partial charge in [-0.05, 0) is 48.9 Å². The molecule has 3 unspecified atom stereocenters. The van der Waals surface area contributed by atoms with E-state index in [0.29, 0.717) is 29.0 Å². The molecule has 1 aliphatic rings. The van der Waals surface area contributed by atoms with Gasteiger partial charge in [-0.1, -0.05) is 25.4 Å². The third-order valence-corrected chi connectivity index (χ3v) is 6.66. The van der Waals surface area contributed by atoms with Gasteiger partial charge in [-0.3, -0.25) is 0 Å². The molecule has 2 rings (SSSR count). The maximum Gasteiger partial charge on any atom is 0.243 e. The van der Waals surface area contributed by atoms with Crippen LogP contribution >= 0.6 is 11.6 Å². The van der Waals surface area contributed by atoms with Gasteiger partial charge in [0.15, 0.2) is 0 Å². The highest BCUT2D eigenvalue weighted by Gasteiger charge is 2.37. The van der Waals surface area contributed by atoms with Crippen molar-refractivity contribution in [1.29, 1.82) is 0 Å². The SMILES string of the molecule is CC1CC(C)C(C)N(S(=O)(=O)c2ccc(Cl)c(CO)c2)C1. The zero-order valence-corrected chi connectivity index (χ0v) is 14.2. The molecule has 0 aliphatic carbocycles. The summed E-state index contributed by atoms with van der Waals surface area (Å²) in [7, 11) is -3.56. The fourth-order valence-corrected chi connectivity index (χ4v) is 5.02. The van der Waals surface area contributed by atoms with Gasteiger partial charge < -0.3 is 5.11 Å². The van der Waals surface area contributed by atoms with E-state index in [-0.39, 0.29) is 17.5 Å². The molecule has 0 spiro atoms. The first-order valence-corrected chi connectivity index (χ1v) is 9.00. The molecule has 4 nitrogen and oxygen atoms in total. The van der Waals surface area contributed by atoms with Crippen molar-refractivity contribution in [3.8, 4) is 0 Å². The third-order valence-electron chi connectivity index (χ3n) is 4.34. The van der Waals surface area contributed by atoms with Crippen LogP contribution in [0, 0.1) is 11.8 Å². The Morgan fingerprint density at radius 1 is 1.33 bits per heavy atom. The molecule has 0 radical (unpaired) electrons. The van der Waals surface area contributed by atoms with Gasteiger partial charge >= 0.3 is 0 Å². The molecule has 1 fully saturated rings. The highest BCUT2D eigenvalue weighted by molar-refractivity contribution is 7.89. The van der Waals surface area contributed by atoms with E-state index in [2.05, 4.69) is 13.8 Å². The van der Waals surface area contributed by atoms with Crippen molar-refractivity contribution >= 4 is 21.6 Å². The van der Waals surface area contributed by atoms with E-state index >= 15 is 0 Å². The lowest BCUT2D eigenvalue weighted by Gasteiger charge is -2.40. The van der Waals surface area contributed by atoms with Crippen molar-refractivity contribution in [2.45, 2.75) is 44.7 Å². The lowest BCUT2D eigenvalue weighted by Crippen LogP contribution is -2.48. The first-order valence-electron chi connectivity index (χ1n) is 7.18. The number of aliphatic hydroxyl groups excluding tert-OH is 1. The van der Waals surface area contributed by atoms with Gasteiger partial charge in [0.05, 0.1) is 11.5 Å². The van der Waals surface area contributed by atoms with Crippen molar-refractivity contribution in [3.05, 3.63) is 28.8 Å². The molecule has 0 saturated carbocycles. The van der Waals surface area contributed by atoms with E-state index < -0.39 is 10.0 Å². The van der Waals surface area contributed by atoms with Crippen LogP contribution in [0.15, 0.2) is 23.1 Å². The second-order valence-electron chi connectivity index (χ2n) is 6.04. The number of benzene rings is 1. The largest absolute Gasteiger partial charge is 0.392 e. The van der Waals surface area contributed by atoms with Gasteiger partial charge in [0.1, 0.15) is 0 Å². The number of aliphatic hydroxyl groups is 1. The zero-order valence-electron chi connectivity index (χ0n) is 12.6. The zero-order chi connectivity index (χ0) is 15.8. The van der Waals surface area contributed by atoms with Crippen LogP contribution in [0.2, 0.25) is 5.02 Å². The van der Waals surface area contributed by atoms with Gasteiger partial charge in [-0.2, -0.15) is 4.31 Å². The molecule has 0 aromatic heterocycles. The molecular weight excluding hydrogens is 310 g/mol. The normalized spacial score (nSPS) is 27.8. The highest BCUT2D eigenvalue weighted by atomic mass is 35.5. The van der Waals surface area contributed by atoms with Crippen molar-refractivity contribution in [2.75, 3.05) is 6.54 Å². The number of halogens is 1. The number of hydrogen-bond acceptors (Lipinski definition) is 3. The molecule has 1 N–H and O–H groups in total. The van der Waals surface area contributed by atoms with Gasteiger partial charge in [0.25, 0.3) is 0 Å². The lowest BCUT2D eigenvalue weighted by atomic mass is 9.88. The maximum atomic E-state index is 12.9. The van der Waals surface area contributed by atoms with Crippen LogP contribution < -0.4 is 0 Å². The summed E-state index contributed by atoms with van der Waals surface area (Å²) in [5.74, 6) is 0.670. The van der Waals surface area contributed by atoms with E-state index in [9.17, 15) is 13.5 Å². The summed E-state index contributed by atoms with van der Waals surface area (Å²) in [6.07, 6.45) is 1.04. The summed E-state index contributed by atoms with van der Waals surface area (Å²) in [5.41, 5.74) is 0.434. The second-order valence-corrected chi connectivity index (χ2v) is 8.34. The molecule has 1 saturated heterocycles. The van der Waals surface area contributed by atoms with E-state index in [1.165, 1.54) is 18.2 Å². The Kier molecular flexibility index (Phi) is 4.98. The molecule has 6 heteroatoms. The fraction of sp³-hybridized carbons (Fsp3) is 0.600. The van der Waals surface area contributed by atoms with Gasteiger partial charge in [-0.25, -0.2) is 8.42 Å². The second kappa shape index (κ2) is 6.24. The van der Waals surface area contributed by atoms with Crippen molar-refractivity contribution < 1.29 is 13.5 Å². The van der Waals surface area contributed by atoms with E-state index in [4.69, 9.17) is 11.6 Å². The van der Waals surface area contributed by atoms with Crippen LogP contribution in [0.25, 0.3) is 0 Å². The summed E-state index contributed by atoms with van der Waals surface area (Å²) in [6.45, 7) is 6.38. The number of rotatable bonds is 3. The Morgan fingerprint density at radius 2 is 2.00 bits per heavy atom. The summed E-state index contributed by atoms with van der Waals surface area (Å²) < 4.78 is 27.3. The predicted octanol–water partition coefficient (Wildman–Crippen LogP) is 2.89. The quantitative estimate of drug-likeness (QED) is 0.926. The van der Waals surface area contributed by atoms with Gasteiger partial charge in [0, 0.05) is 17.6 Å². The molecule has 3 atom stereocenters. The lowest BCUT2D eigenvalue weighted by molar-refractivity contribution is 0.157. The summed E-state index contributed by atoms with van der Waals surface area (Å²) in [6, 6.07) is 4.47. The Labute approximate surface area is 131 Å². The summed E-state index contributed by atoms with van der Waals surface area (Å²) in [4.78, 5) is 0.198. The Bertz CT molecular complexity index is 617. The minimum atomic E-state index is -3.56. The number of sulfonamides is 1.